The van der Waals surface area contributed by atoms with Crippen LogP contribution < -0.4 is 5.32 Å². The first-order valence-electron chi connectivity index (χ1n) is 6.34. The number of nitrogens with one attached hydrogen (secondary N) is 1. The molecule has 2 unspecified atom stereocenters. The third-order valence-electron chi connectivity index (χ3n) is 3.03. The fourth-order valence-corrected chi connectivity index (χ4v) is 1.89. The summed E-state index contributed by atoms with van der Waals surface area (Å²) < 4.78 is 26.6. The van der Waals surface area contributed by atoms with Crippen LogP contribution in [0.15, 0.2) is 18.2 Å². The normalized spacial score (nSPS) is 14.1. The minimum absolute atomic E-state index is 0.125. The van der Waals surface area contributed by atoms with Gasteiger partial charge in [0.05, 0.1) is 6.42 Å². The fraction of sp³-hybridized carbons (Fsp3) is 0.500. The van der Waals surface area contributed by atoms with E-state index in [1.807, 2.05) is 13.8 Å². The lowest BCUT2D eigenvalue weighted by Crippen LogP contribution is -2.39. The van der Waals surface area contributed by atoms with E-state index in [9.17, 15) is 13.6 Å². The lowest BCUT2D eigenvalue weighted by molar-refractivity contribution is -0.137. The number of hydrogen-bond donors (Lipinski definition) is 2. The highest BCUT2D eigenvalue weighted by atomic mass is 19.1. The zero-order valence-corrected chi connectivity index (χ0v) is 11.1. The van der Waals surface area contributed by atoms with Crippen molar-refractivity contribution in [2.75, 3.05) is 0 Å². The van der Waals surface area contributed by atoms with Gasteiger partial charge < -0.3 is 10.4 Å². The van der Waals surface area contributed by atoms with Gasteiger partial charge in [-0.05, 0) is 43.5 Å². The van der Waals surface area contributed by atoms with Crippen LogP contribution in [0.25, 0.3) is 0 Å². The molecule has 106 valence electrons. The Morgan fingerprint density at radius 1 is 1.42 bits per heavy atom. The second kappa shape index (κ2) is 7.19. The maximum absolute atomic E-state index is 13.5. The van der Waals surface area contributed by atoms with Crippen LogP contribution in [0.5, 0.6) is 0 Å². The molecule has 2 N–H and O–H groups in total. The van der Waals surface area contributed by atoms with E-state index in [0.29, 0.717) is 0 Å². The molecule has 2 atom stereocenters. The van der Waals surface area contributed by atoms with Crippen molar-refractivity contribution >= 4 is 5.97 Å². The molecule has 1 rings (SSSR count). The van der Waals surface area contributed by atoms with Crippen LogP contribution in [0.3, 0.4) is 0 Å². The third kappa shape index (κ3) is 5.34. The zero-order valence-electron chi connectivity index (χ0n) is 11.1. The maximum atomic E-state index is 13.5. The topological polar surface area (TPSA) is 49.3 Å². The Hall–Kier alpha value is -1.49. The molecule has 0 fully saturated rings. The first-order chi connectivity index (χ1) is 8.92. The first-order valence-corrected chi connectivity index (χ1v) is 6.34. The lowest BCUT2D eigenvalue weighted by atomic mass is 10.0. The molecule has 0 heterocycles. The molecule has 0 saturated heterocycles. The molecule has 0 aliphatic heterocycles. The summed E-state index contributed by atoms with van der Waals surface area (Å²) in [5.41, 5.74) is 0.196. The number of carboxylic acids is 1. The van der Waals surface area contributed by atoms with Crippen molar-refractivity contribution in [2.24, 2.45) is 0 Å². The molecule has 0 saturated carbocycles. The zero-order chi connectivity index (χ0) is 14.4. The molecule has 3 nitrogen and oxygen atoms in total. The van der Waals surface area contributed by atoms with Crippen LogP contribution in [-0.2, 0) is 11.2 Å². The van der Waals surface area contributed by atoms with E-state index in [4.69, 9.17) is 5.11 Å². The molecule has 0 amide bonds. The largest absolute Gasteiger partial charge is 0.481 e. The number of hydrogen-bond acceptors (Lipinski definition) is 2. The quantitative estimate of drug-likeness (QED) is 0.801. The Morgan fingerprint density at radius 2 is 2.11 bits per heavy atom. The second-order valence-electron chi connectivity index (χ2n) is 4.71. The monoisotopic (exact) mass is 271 g/mol. The van der Waals surface area contributed by atoms with Crippen LogP contribution in [0, 0.1) is 11.6 Å². The van der Waals surface area contributed by atoms with Crippen molar-refractivity contribution in [3.63, 3.8) is 0 Å². The molecule has 0 aliphatic rings. The average Bonchev–Trinajstić information content (AvgIpc) is 2.32. The lowest BCUT2D eigenvalue weighted by Gasteiger charge is -2.21. The molecular weight excluding hydrogens is 252 g/mol. The van der Waals surface area contributed by atoms with E-state index in [-0.39, 0.29) is 24.4 Å². The molecule has 0 aromatic heterocycles. The van der Waals surface area contributed by atoms with Gasteiger partial charge in [-0.1, -0.05) is 6.92 Å². The van der Waals surface area contributed by atoms with Crippen LogP contribution in [0.2, 0.25) is 0 Å². The Morgan fingerprint density at radius 3 is 2.68 bits per heavy atom. The Bertz CT molecular complexity index is 437. The third-order valence-corrected chi connectivity index (χ3v) is 3.03. The predicted molar refractivity (Wildman–Crippen MR) is 69.0 cm³/mol. The Labute approximate surface area is 111 Å². The molecule has 19 heavy (non-hydrogen) atoms. The molecule has 0 bridgehead atoms. The van der Waals surface area contributed by atoms with Gasteiger partial charge in [-0.25, -0.2) is 8.78 Å². The summed E-state index contributed by atoms with van der Waals surface area (Å²) in [7, 11) is 0. The van der Waals surface area contributed by atoms with E-state index in [2.05, 4.69) is 5.32 Å². The summed E-state index contributed by atoms with van der Waals surface area (Å²) >= 11 is 0. The van der Waals surface area contributed by atoms with E-state index < -0.39 is 23.6 Å². The molecule has 1 aromatic carbocycles. The van der Waals surface area contributed by atoms with Gasteiger partial charge in [-0.3, -0.25) is 4.79 Å². The fourth-order valence-electron chi connectivity index (χ4n) is 1.89. The van der Waals surface area contributed by atoms with Crippen molar-refractivity contribution < 1.29 is 18.7 Å². The number of carboxylic acid groups (broad SMARTS) is 1. The van der Waals surface area contributed by atoms with Gasteiger partial charge in [0.25, 0.3) is 0 Å². The summed E-state index contributed by atoms with van der Waals surface area (Å²) in [6.07, 6.45) is 0.863. The highest BCUT2D eigenvalue weighted by molar-refractivity contribution is 5.67. The summed E-state index contributed by atoms with van der Waals surface area (Å²) in [5, 5.41) is 12.0. The summed E-state index contributed by atoms with van der Waals surface area (Å²) in [4.78, 5) is 10.8. The molecule has 5 heteroatoms. The molecule has 0 spiro atoms. The van der Waals surface area contributed by atoms with Crippen molar-refractivity contribution in [1.82, 2.24) is 5.32 Å². The van der Waals surface area contributed by atoms with E-state index in [1.165, 1.54) is 0 Å². The Kier molecular flexibility index (Phi) is 5.89. The number of rotatable bonds is 7. The van der Waals surface area contributed by atoms with E-state index in [0.717, 1.165) is 24.6 Å². The van der Waals surface area contributed by atoms with Crippen LogP contribution in [-0.4, -0.2) is 23.2 Å². The average molecular weight is 271 g/mol. The maximum Gasteiger partial charge on any atom is 0.304 e. The van der Waals surface area contributed by atoms with Gasteiger partial charge >= 0.3 is 5.97 Å². The molecule has 0 radical (unpaired) electrons. The van der Waals surface area contributed by atoms with Crippen molar-refractivity contribution in [1.29, 1.82) is 0 Å². The van der Waals surface area contributed by atoms with Crippen LogP contribution in [0.1, 0.15) is 32.3 Å². The number of benzene rings is 1. The number of halogens is 2. The minimum Gasteiger partial charge on any atom is -0.481 e. The van der Waals surface area contributed by atoms with Crippen molar-refractivity contribution in [3.8, 4) is 0 Å². The minimum atomic E-state index is -0.961. The molecular formula is C14H19F2NO2. The SMILES string of the molecule is CCC(C)NC(CC(=O)O)Cc1cc(F)ccc1F. The molecule has 1 aromatic rings. The number of carbonyl (C=O) groups is 1. The summed E-state index contributed by atoms with van der Waals surface area (Å²) in [6, 6.07) is 2.94. The van der Waals surface area contributed by atoms with Crippen LogP contribution >= 0.6 is 0 Å². The highest BCUT2D eigenvalue weighted by Crippen LogP contribution is 2.14. The highest BCUT2D eigenvalue weighted by Gasteiger charge is 2.17. The van der Waals surface area contributed by atoms with Crippen molar-refractivity contribution in [2.45, 2.75) is 45.2 Å². The second-order valence-corrected chi connectivity index (χ2v) is 4.71. The molecule has 0 aliphatic carbocycles. The van der Waals surface area contributed by atoms with E-state index >= 15 is 0 Å². The summed E-state index contributed by atoms with van der Waals surface area (Å²) in [6.45, 7) is 3.90. The van der Waals surface area contributed by atoms with Gasteiger partial charge in [0.1, 0.15) is 11.6 Å². The predicted octanol–water partition coefficient (Wildman–Crippen LogP) is 2.74. The first kappa shape index (κ1) is 15.6. The Balaban J connectivity index is 2.80. The van der Waals surface area contributed by atoms with Gasteiger partial charge in [0.2, 0.25) is 0 Å². The smallest absolute Gasteiger partial charge is 0.304 e. The standard InChI is InChI=1S/C14H19F2NO2/c1-3-9(2)17-12(8-14(18)19)7-10-6-11(15)4-5-13(10)16/h4-6,9,12,17H,3,7-8H2,1-2H3,(H,18,19). The van der Waals surface area contributed by atoms with E-state index in [1.54, 1.807) is 0 Å². The van der Waals surface area contributed by atoms with Gasteiger partial charge in [-0.2, -0.15) is 0 Å². The number of aliphatic carboxylic acids is 1. The summed E-state index contributed by atoms with van der Waals surface area (Å²) in [5.74, 6) is -1.99. The van der Waals surface area contributed by atoms with Crippen molar-refractivity contribution in [3.05, 3.63) is 35.4 Å². The van der Waals surface area contributed by atoms with Crippen LogP contribution in [0.4, 0.5) is 8.78 Å². The van der Waals surface area contributed by atoms with Gasteiger partial charge in [0.15, 0.2) is 0 Å². The van der Waals surface area contributed by atoms with Gasteiger partial charge in [-0.15, -0.1) is 0 Å². The van der Waals surface area contributed by atoms with Gasteiger partial charge in [0, 0.05) is 12.1 Å².